The highest BCUT2D eigenvalue weighted by Crippen LogP contribution is 2.56. The molecular formula is C21H29N5O. The summed E-state index contributed by atoms with van der Waals surface area (Å²) in [5.74, 6) is 2.48. The molecule has 1 aromatic carbocycles. The first-order valence-corrected chi connectivity index (χ1v) is 9.71. The maximum Gasteiger partial charge on any atom is 0.354 e. The molecule has 0 bridgehead atoms. The van der Waals surface area contributed by atoms with Crippen molar-refractivity contribution >= 4 is 5.82 Å². The third-order valence-corrected chi connectivity index (χ3v) is 6.28. The number of fused-ring (bicyclic) bond motifs is 1. The van der Waals surface area contributed by atoms with Crippen LogP contribution in [-0.2, 0) is 6.42 Å². The fraction of sp³-hybridized carbons (Fsp3) is 0.524. The molecule has 6 heteroatoms. The molecule has 27 heavy (non-hydrogen) atoms. The van der Waals surface area contributed by atoms with Gasteiger partial charge >= 0.3 is 5.69 Å². The monoisotopic (exact) mass is 367 g/mol. The maximum atomic E-state index is 12.0. The standard InChI is InChI=1S/C21H29N5O/c1-13(25-11-16-17(12-25)19(16)21(2,3)23)10-14-4-6-15(7-5-14)26-9-8-18(22)24-20(26)27/h4-9,13,16-17,19H,10-12,23H2,1-3H3,(H2,22,24,27)/t13?,16-,17+,19?. The minimum absolute atomic E-state index is 0.0461. The molecule has 2 fully saturated rings. The third-order valence-electron chi connectivity index (χ3n) is 6.28. The fourth-order valence-electron chi connectivity index (χ4n) is 4.90. The Morgan fingerprint density at radius 3 is 2.37 bits per heavy atom. The summed E-state index contributed by atoms with van der Waals surface area (Å²) in [5.41, 5.74) is 13.5. The molecule has 0 spiro atoms. The van der Waals surface area contributed by atoms with Crippen molar-refractivity contribution < 1.29 is 0 Å². The molecule has 0 amide bonds. The van der Waals surface area contributed by atoms with E-state index in [-0.39, 0.29) is 17.0 Å². The van der Waals surface area contributed by atoms with E-state index in [9.17, 15) is 4.79 Å². The summed E-state index contributed by atoms with van der Waals surface area (Å²) in [7, 11) is 0. The van der Waals surface area contributed by atoms with Crippen LogP contribution in [0.5, 0.6) is 0 Å². The van der Waals surface area contributed by atoms with Crippen LogP contribution < -0.4 is 17.2 Å². The summed E-state index contributed by atoms with van der Waals surface area (Å²) in [6.07, 6.45) is 2.67. The number of hydrogen-bond donors (Lipinski definition) is 2. The highest BCUT2D eigenvalue weighted by molar-refractivity contribution is 5.36. The van der Waals surface area contributed by atoms with Crippen LogP contribution in [0, 0.1) is 17.8 Å². The summed E-state index contributed by atoms with van der Waals surface area (Å²) in [5, 5.41) is 0. The molecular weight excluding hydrogens is 338 g/mol. The van der Waals surface area contributed by atoms with Crippen LogP contribution >= 0.6 is 0 Å². The van der Waals surface area contributed by atoms with Crippen molar-refractivity contribution in [3.05, 3.63) is 52.6 Å². The molecule has 0 radical (unpaired) electrons. The van der Waals surface area contributed by atoms with E-state index in [0.29, 0.717) is 12.0 Å². The van der Waals surface area contributed by atoms with Crippen molar-refractivity contribution in [2.24, 2.45) is 23.5 Å². The Bertz CT molecular complexity index is 871. The van der Waals surface area contributed by atoms with Crippen LogP contribution in [0.25, 0.3) is 5.69 Å². The second-order valence-corrected chi connectivity index (χ2v) is 8.85. The number of likely N-dealkylation sites (tertiary alicyclic amines) is 1. The molecule has 4 rings (SSSR count). The summed E-state index contributed by atoms with van der Waals surface area (Å²) in [4.78, 5) is 18.3. The number of benzene rings is 1. The predicted molar refractivity (Wildman–Crippen MR) is 108 cm³/mol. The third kappa shape index (κ3) is 3.51. The van der Waals surface area contributed by atoms with E-state index in [0.717, 1.165) is 23.9 Å². The van der Waals surface area contributed by atoms with E-state index in [1.807, 2.05) is 12.1 Å². The van der Waals surface area contributed by atoms with Gasteiger partial charge in [0, 0.05) is 30.9 Å². The molecule has 2 heterocycles. The van der Waals surface area contributed by atoms with Crippen LogP contribution in [0.2, 0.25) is 0 Å². The number of piperidine rings is 1. The van der Waals surface area contributed by atoms with E-state index in [1.54, 1.807) is 12.3 Å². The van der Waals surface area contributed by atoms with E-state index >= 15 is 0 Å². The average molecular weight is 367 g/mol. The second-order valence-electron chi connectivity index (χ2n) is 8.85. The normalized spacial score (nSPS) is 26.0. The highest BCUT2D eigenvalue weighted by atomic mass is 16.1. The molecule has 1 saturated heterocycles. The molecule has 2 aliphatic rings. The lowest BCUT2D eigenvalue weighted by Crippen LogP contribution is -2.41. The van der Waals surface area contributed by atoms with Gasteiger partial charge in [0.1, 0.15) is 5.82 Å². The van der Waals surface area contributed by atoms with Gasteiger partial charge in [-0.1, -0.05) is 12.1 Å². The SMILES string of the molecule is CC(Cc1ccc(-n2ccc(N)nc2=O)cc1)N1C[C@@H]2C(C(C)(C)N)[C@@H]2C1. The number of nitrogens with two attached hydrogens (primary N) is 2. The second kappa shape index (κ2) is 6.46. The lowest BCUT2D eigenvalue weighted by atomic mass is 9.95. The zero-order valence-electron chi connectivity index (χ0n) is 16.3. The molecule has 2 unspecified atom stereocenters. The van der Waals surface area contributed by atoms with E-state index in [1.165, 1.54) is 23.2 Å². The number of rotatable bonds is 5. The molecule has 1 aliphatic heterocycles. The van der Waals surface area contributed by atoms with E-state index in [2.05, 4.69) is 42.8 Å². The largest absolute Gasteiger partial charge is 0.383 e. The Hall–Kier alpha value is -2.18. The van der Waals surface area contributed by atoms with Crippen molar-refractivity contribution in [3.63, 3.8) is 0 Å². The Morgan fingerprint density at radius 1 is 1.19 bits per heavy atom. The number of nitrogens with zero attached hydrogens (tertiary/aromatic N) is 3. The van der Waals surface area contributed by atoms with Gasteiger partial charge in [-0.05, 0) is 68.7 Å². The van der Waals surface area contributed by atoms with Crippen LogP contribution in [0.3, 0.4) is 0 Å². The summed E-state index contributed by atoms with van der Waals surface area (Å²) < 4.78 is 1.51. The molecule has 2 aromatic rings. The molecule has 1 aliphatic carbocycles. The van der Waals surface area contributed by atoms with Gasteiger partial charge < -0.3 is 11.5 Å². The predicted octanol–water partition coefficient (Wildman–Crippen LogP) is 1.66. The molecule has 6 nitrogen and oxygen atoms in total. The maximum absolute atomic E-state index is 12.0. The van der Waals surface area contributed by atoms with Crippen molar-refractivity contribution in [2.45, 2.75) is 38.8 Å². The Kier molecular flexibility index (Phi) is 4.35. The van der Waals surface area contributed by atoms with E-state index in [4.69, 9.17) is 11.5 Å². The molecule has 144 valence electrons. The van der Waals surface area contributed by atoms with Crippen LogP contribution in [0.15, 0.2) is 41.3 Å². The molecule has 4 N–H and O–H groups in total. The number of aromatic nitrogens is 2. The van der Waals surface area contributed by atoms with Crippen LogP contribution in [-0.4, -0.2) is 39.1 Å². The van der Waals surface area contributed by atoms with Gasteiger partial charge in [0.2, 0.25) is 0 Å². The van der Waals surface area contributed by atoms with Gasteiger partial charge in [-0.3, -0.25) is 9.47 Å². The van der Waals surface area contributed by atoms with Gasteiger partial charge in [0.15, 0.2) is 0 Å². The van der Waals surface area contributed by atoms with Crippen molar-refractivity contribution in [1.29, 1.82) is 0 Å². The Balaban J connectivity index is 1.37. The lowest BCUT2D eigenvalue weighted by molar-refractivity contribution is 0.202. The average Bonchev–Trinajstić information content (AvgIpc) is 3.13. The lowest BCUT2D eigenvalue weighted by Gasteiger charge is -2.30. The first kappa shape index (κ1) is 18.2. The summed E-state index contributed by atoms with van der Waals surface area (Å²) >= 11 is 0. The smallest absolute Gasteiger partial charge is 0.354 e. The van der Waals surface area contributed by atoms with Gasteiger partial charge in [-0.2, -0.15) is 4.98 Å². The summed E-state index contributed by atoms with van der Waals surface area (Å²) in [6, 6.07) is 10.3. The van der Waals surface area contributed by atoms with Gasteiger partial charge in [0.05, 0.1) is 5.69 Å². The number of anilines is 1. The van der Waals surface area contributed by atoms with Crippen LogP contribution in [0.1, 0.15) is 26.3 Å². The number of nitrogen functional groups attached to an aromatic ring is 1. The number of hydrogen-bond acceptors (Lipinski definition) is 5. The topological polar surface area (TPSA) is 90.2 Å². The van der Waals surface area contributed by atoms with Crippen LogP contribution in [0.4, 0.5) is 5.82 Å². The quantitative estimate of drug-likeness (QED) is 0.839. The highest BCUT2D eigenvalue weighted by Gasteiger charge is 2.60. The molecule has 1 saturated carbocycles. The zero-order valence-corrected chi connectivity index (χ0v) is 16.3. The minimum Gasteiger partial charge on any atom is -0.383 e. The Morgan fingerprint density at radius 2 is 1.81 bits per heavy atom. The van der Waals surface area contributed by atoms with Crippen molar-refractivity contribution in [1.82, 2.24) is 14.5 Å². The van der Waals surface area contributed by atoms with Gasteiger partial charge in [-0.25, -0.2) is 4.79 Å². The summed E-state index contributed by atoms with van der Waals surface area (Å²) in [6.45, 7) is 8.96. The van der Waals surface area contributed by atoms with Crippen molar-refractivity contribution in [2.75, 3.05) is 18.8 Å². The molecule has 1 aromatic heterocycles. The van der Waals surface area contributed by atoms with E-state index < -0.39 is 0 Å². The zero-order chi connectivity index (χ0) is 19.3. The van der Waals surface area contributed by atoms with Crippen molar-refractivity contribution in [3.8, 4) is 5.69 Å². The minimum atomic E-state index is -0.357. The first-order valence-electron chi connectivity index (χ1n) is 9.71. The van der Waals surface area contributed by atoms with Gasteiger partial charge in [-0.15, -0.1) is 0 Å². The molecule has 4 atom stereocenters. The first-order chi connectivity index (χ1) is 12.7. The van der Waals surface area contributed by atoms with Gasteiger partial charge in [0.25, 0.3) is 0 Å². The Labute approximate surface area is 160 Å². The fourth-order valence-corrected chi connectivity index (χ4v) is 4.90.